The number of nitrogens with zero attached hydrogens (tertiary/aromatic N) is 2. The summed E-state index contributed by atoms with van der Waals surface area (Å²) in [6.45, 7) is 1.08. The van der Waals surface area contributed by atoms with E-state index in [2.05, 4.69) is 14.9 Å². The number of hydrogen-bond donors (Lipinski definition) is 1. The lowest BCUT2D eigenvalue weighted by Crippen LogP contribution is -2.27. The van der Waals surface area contributed by atoms with Crippen LogP contribution in [0.4, 0.5) is 0 Å². The van der Waals surface area contributed by atoms with Crippen molar-refractivity contribution in [3.63, 3.8) is 0 Å². The first-order chi connectivity index (χ1) is 6.43. The highest BCUT2D eigenvalue weighted by Crippen LogP contribution is 2.37. The van der Waals surface area contributed by atoms with Gasteiger partial charge in [-0.25, -0.2) is 4.98 Å². The van der Waals surface area contributed by atoms with E-state index in [1.54, 1.807) is 6.33 Å². The Bertz CT molecular complexity index is 260. The lowest BCUT2D eigenvalue weighted by atomic mass is 10.0. The molecule has 3 rings (SSSR count). The van der Waals surface area contributed by atoms with Gasteiger partial charge < -0.3 is 4.98 Å². The molecule has 3 heterocycles. The zero-order valence-corrected chi connectivity index (χ0v) is 7.74. The van der Waals surface area contributed by atoms with Crippen molar-refractivity contribution in [2.75, 3.05) is 0 Å². The van der Waals surface area contributed by atoms with Gasteiger partial charge in [-0.15, -0.1) is 0 Å². The third-order valence-corrected chi connectivity index (χ3v) is 3.51. The molecule has 0 radical (unpaired) electrons. The fourth-order valence-electron chi connectivity index (χ4n) is 2.85. The molecule has 13 heavy (non-hydrogen) atoms. The van der Waals surface area contributed by atoms with Crippen LogP contribution in [0.2, 0.25) is 0 Å². The molecular weight excluding hydrogens is 162 g/mol. The first kappa shape index (κ1) is 7.56. The van der Waals surface area contributed by atoms with Crippen LogP contribution in [0.5, 0.6) is 0 Å². The Labute approximate surface area is 78.2 Å². The van der Waals surface area contributed by atoms with Crippen LogP contribution in [0.3, 0.4) is 0 Å². The second kappa shape index (κ2) is 2.84. The van der Waals surface area contributed by atoms with Gasteiger partial charge >= 0.3 is 0 Å². The third-order valence-electron chi connectivity index (χ3n) is 3.51. The minimum Gasteiger partial charge on any atom is -0.347 e. The first-order valence-corrected chi connectivity index (χ1v) is 5.16. The summed E-state index contributed by atoms with van der Waals surface area (Å²) in [7, 11) is 0. The summed E-state index contributed by atoms with van der Waals surface area (Å²) in [6, 6.07) is 1.74. The summed E-state index contributed by atoms with van der Waals surface area (Å²) in [5.41, 5.74) is 1.26. The monoisotopic (exact) mass is 177 g/mol. The lowest BCUT2D eigenvalue weighted by Gasteiger charge is -2.20. The zero-order chi connectivity index (χ0) is 8.67. The smallest absolute Gasteiger partial charge is 0.0922 e. The van der Waals surface area contributed by atoms with Crippen molar-refractivity contribution in [2.24, 2.45) is 0 Å². The largest absolute Gasteiger partial charge is 0.347 e. The van der Waals surface area contributed by atoms with Gasteiger partial charge in [0.2, 0.25) is 0 Å². The SMILES string of the molecule is c1ncc(CN2C3CCC2CC3)[nH]1. The second-order valence-corrected chi connectivity index (χ2v) is 4.21. The standard InChI is InChI=1S/C10H15N3/c1-2-10-4-3-9(1)13(10)6-8-5-11-7-12-8/h5,7,9-10H,1-4,6H2,(H,11,12). The number of hydrogen-bond acceptors (Lipinski definition) is 2. The van der Waals surface area contributed by atoms with Crippen molar-refractivity contribution >= 4 is 0 Å². The minimum absolute atomic E-state index is 0.869. The quantitative estimate of drug-likeness (QED) is 0.743. The molecule has 70 valence electrons. The fraction of sp³-hybridized carbons (Fsp3) is 0.700. The topological polar surface area (TPSA) is 31.9 Å². The molecule has 3 heteroatoms. The van der Waals surface area contributed by atoms with E-state index >= 15 is 0 Å². The average Bonchev–Trinajstić information content (AvgIpc) is 2.85. The highest BCUT2D eigenvalue weighted by Gasteiger charge is 2.38. The van der Waals surface area contributed by atoms with Gasteiger partial charge in [0, 0.05) is 30.5 Å². The van der Waals surface area contributed by atoms with Crippen LogP contribution in [0.25, 0.3) is 0 Å². The van der Waals surface area contributed by atoms with E-state index < -0.39 is 0 Å². The van der Waals surface area contributed by atoms with Gasteiger partial charge in [0.05, 0.1) is 6.33 Å². The van der Waals surface area contributed by atoms with Crippen LogP contribution < -0.4 is 0 Å². The molecule has 2 aliphatic heterocycles. The molecule has 2 saturated heterocycles. The predicted octanol–water partition coefficient (Wildman–Crippen LogP) is 1.54. The summed E-state index contributed by atoms with van der Waals surface area (Å²) >= 11 is 0. The van der Waals surface area contributed by atoms with E-state index in [0.717, 1.165) is 18.6 Å². The molecule has 1 aromatic rings. The Hall–Kier alpha value is -0.830. The maximum absolute atomic E-state index is 4.05. The van der Waals surface area contributed by atoms with Crippen molar-refractivity contribution in [1.29, 1.82) is 0 Å². The van der Waals surface area contributed by atoms with E-state index in [9.17, 15) is 0 Å². The molecule has 1 aromatic heterocycles. The van der Waals surface area contributed by atoms with Gasteiger partial charge in [0.25, 0.3) is 0 Å². The maximum Gasteiger partial charge on any atom is 0.0922 e. The van der Waals surface area contributed by atoms with Crippen molar-refractivity contribution in [3.05, 3.63) is 18.2 Å². The molecule has 0 atom stereocenters. The van der Waals surface area contributed by atoms with Gasteiger partial charge in [-0.05, 0) is 25.7 Å². The molecule has 3 nitrogen and oxygen atoms in total. The van der Waals surface area contributed by atoms with Gasteiger partial charge in [-0.3, -0.25) is 4.90 Å². The van der Waals surface area contributed by atoms with E-state index in [0.29, 0.717) is 0 Å². The number of aromatic nitrogens is 2. The number of fused-ring (bicyclic) bond motifs is 2. The zero-order valence-electron chi connectivity index (χ0n) is 7.74. The molecule has 1 N–H and O–H groups in total. The van der Waals surface area contributed by atoms with Crippen LogP contribution in [-0.4, -0.2) is 27.0 Å². The molecule has 2 bridgehead atoms. The van der Waals surface area contributed by atoms with Crippen molar-refractivity contribution < 1.29 is 0 Å². The molecular formula is C10H15N3. The normalized spacial score (nSPS) is 32.9. The van der Waals surface area contributed by atoms with Gasteiger partial charge in [0.1, 0.15) is 0 Å². The molecule has 2 fully saturated rings. The Morgan fingerprint density at radius 1 is 1.31 bits per heavy atom. The van der Waals surface area contributed by atoms with Crippen LogP contribution in [0, 0.1) is 0 Å². The molecule has 2 aliphatic rings. The molecule has 0 aliphatic carbocycles. The Morgan fingerprint density at radius 2 is 2.00 bits per heavy atom. The fourth-order valence-corrected chi connectivity index (χ4v) is 2.85. The van der Waals surface area contributed by atoms with Gasteiger partial charge in [-0.2, -0.15) is 0 Å². The predicted molar refractivity (Wildman–Crippen MR) is 50.2 cm³/mol. The van der Waals surface area contributed by atoms with Gasteiger partial charge in [-0.1, -0.05) is 0 Å². The Morgan fingerprint density at radius 3 is 2.54 bits per heavy atom. The highest BCUT2D eigenvalue weighted by atomic mass is 15.2. The lowest BCUT2D eigenvalue weighted by molar-refractivity contribution is 0.241. The van der Waals surface area contributed by atoms with Crippen LogP contribution >= 0.6 is 0 Å². The average molecular weight is 177 g/mol. The van der Waals surface area contributed by atoms with Crippen molar-refractivity contribution in [3.8, 4) is 0 Å². The summed E-state index contributed by atoms with van der Waals surface area (Å²) in [6.07, 6.45) is 9.38. The number of aromatic amines is 1. The molecule has 0 spiro atoms. The maximum atomic E-state index is 4.05. The van der Waals surface area contributed by atoms with E-state index in [1.807, 2.05) is 6.20 Å². The van der Waals surface area contributed by atoms with E-state index in [-0.39, 0.29) is 0 Å². The summed E-state index contributed by atoms with van der Waals surface area (Å²) in [4.78, 5) is 9.88. The highest BCUT2D eigenvalue weighted by molar-refractivity contribution is 5.01. The first-order valence-electron chi connectivity index (χ1n) is 5.16. The molecule has 0 amide bonds. The molecule has 0 saturated carbocycles. The summed E-state index contributed by atoms with van der Waals surface area (Å²) < 4.78 is 0. The number of nitrogens with one attached hydrogen (secondary N) is 1. The summed E-state index contributed by atoms with van der Waals surface area (Å²) in [5.74, 6) is 0. The third kappa shape index (κ3) is 1.18. The van der Waals surface area contributed by atoms with Crippen LogP contribution in [0.15, 0.2) is 12.5 Å². The van der Waals surface area contributed by atoms with Crippen molar-refractivity contribution in [1.82, 2.24) is 14.9 Å². The van der Waals surface area contributed by atoms with Gasteiger partial charge in [0.15, 0.2) is 0 Å². The Balaban J connectivity index is 1.73. The van der Waals surface area contributed by atoms with E-state index in [1.165, 1.54) is 31.4 Å². The molecule has 0 unspecified atom stereocenters. The van der Waals surface area contributed by atoms with Crippen molar-refractivity contribution in [2.45, 2.75) is 44.3 Å². The van der Waals surface area contributed by atoms with Crippen LogP contribution in [0.1, 0.15) is 31.4 Å². The second-order valence-electron chi connectivity index (χ2n) is 4.21. The minimum atomic E-state index is 0.869. The molecule has 0 aromatic carbocycles. The number of imidazole rings is 1. The number of rotatable bonds is 2. The number of H-pyrrole nitrogens is 1. The Kier molecular flexibility index (Phi) is 1.65. The van der Waals surface area contributed by atoms with Crippen LogP contribution in [-0.2, 0) is 6.54 Å². The van der Waals surface area contributed by atoms with E-state index in [4.69, 9.17) is 0 Å². The summed E-state index contributed by atoms with van der Waals surface area (Å²) in [5, 5.41) is 0.